The monoisotopic (exact) mass is 253 g/mol. The predicted octanol–water partition coefficient (Wildman–Crippen LogP) is 3.41. The SMILES string of the molecule is CCC[C@@H](N)c1c(F)ccc(Cl)c1O.Cl. The van der Waals surface area contributed by atoms with Crippen molar-refractivity contribution in [3.63, 3.8) is 0 Å². The minimum absolute atomic E-state index is 0. The van der Waals surface area contributed by atoms with Crippen LogP contribution in [0.25, 0.3) is 0 Å². The molecule has 0 spiro atoms. The van der Waals surface area contributed by atoms with Crippen LogP contribution >= 0.6 is 24.0 Å². The predicted molar refractivity (Wildman–Crippen MR) is 62.2 cm³/mol. The summed E-state index contributed by atoms with van der Waals surface area (Å²) < 4.78 is 13.3. The van der Waals surface area contributed by atoms with Crippen molar-refractivity contribution < 1.29 is 9.50 Å². The van der Waals surface area contributed by atoms with Gasteiger partial charge in [-0.2, -0.15) is 0 Å². The maximum atomic E-state index is 13.3. The lowest BCUT2D eigenvalue weighted by atomic mass is 10.0. The van der Waals surface area contributed by atoms with Crippen molar-refractivity contribution in [2.75, 3.05) is 0 Å². The number of phenols is 1. The van der Waals surface area contributed by atoms with E-state index < -0.39 is 11.9 Å². The number of hydrogen-bond donors (Lipinski definition) is 2. The van der Waals surface area contributed by atoms with E-state index in [4.69, 9.17) is 17.3 Å². The van der Waals surface area contributed by atoms with Crippen molar-refractivity contribution in [2.45, 2.75) is 25.8 Å². The first-order chi connectivity index (χ1) is 6.57. The summed E-state index contributed by atoms with van der Waals surface area (Å²) in [6, 6.07) is 2.03. The molecule has 0 aliphatic carbocycles. The van der Waals surface area contributed by atoms with Crippen LogP contribution in [0.2, 0.25) is 5.02 Å². The van der Waals surface area contributed by atoms with E-state index in [1.165, 1.54) is 12.1 Å². The number of halogens is 3. The molecule has 0 heterocycles. The minimum atomic E-state index is -0.507. The maximum absolute atomic E-state index is 13.3. The summed E-state index contributed by atoms with van der Waals surface area (Å²) in [6.07, 6.45) is 1.44. The largest absolute Gasteiger partial charge is 0.506 e. The Kier molecular flexibility index (Phi) is 5.95. The fourth-order valence-corrected chi connectivity index (χ4v) is 1.53. The van der Waals surface area contributed by atoms with Crippen molar-refractivity contribution in [1.82, 2.24) is 0 Å². The van der Waals surface area contributed by atoms with E-state index in [0.717, 1.165) is 6.42 Å². The third-order valence-corrected chi connectivity index (χ3v) is 2.39. The molecule has 1 aromatic carbocycles. The highest BCUT2D eigenvalue weighted by molar-refractivity contribution is 6.32. The third-order valence-electron chi connectivity index (χ3n) is 2.09. The quantitative estimate of drug-likeness (QED) is 0.868. The normalized spacial score (nSPS) is 12.0. The van der Waals surface area contributed by atoms with E-state index in [2.05, 4.69) is 0 Å². The van der Waals surface area contributed by atoms with Gasteiger partial charge in [0.15, 0.2) is 0 Å². The van der Waals surface area contributed by atoms with Gasteiger partial charge in [0.05, 0.1) is 5.02 Å². The Balaban J connectivity index is 0.00000196. The van der Waals surface area contributed by atoms with Crippen LogP contribution in [0.5, 0.6) is 5.75 Å². The number of hydrogen-bond acceptors (Lipinski definition) is 2. The molecule has 0 aliphatic heterocycles. The van der Waals surface area contributed by atoms with Crippen LogP contribution in [-0.4, -0.2) is 5.11 Å². The van der Waals surface area contributed by atoms with E-state index in [1.54, 1.807) is 0 Å². The second-order valence-corrected chi connectivity index (χ2v) is 3.59. The number of nitrogens with two attached hydrogens (primary N) is 1. The van der Waals surface area contributed by atoms with Gasteiger partial charge in [0, 0.05) is 11.6 Å². The van der Waals surface area contributed by atoms with Gasteiger partial charge in [-0.1, -0.05) is 24.9 Å². The van der Waals surface area contributed by atoms with Crippen LogP contribution in [0.3, 0.4) is 0 Å². The lowest BCUT2D eigenvalue weighted by Gasteiger charge is -2.14. The molecule has 0 saturated carbocycles. The van der Waals surface area contributed by atoms with Gasteiger partial charge < -0.3 is 10.8 Å². The third kappa shape index (κ3) is 3.23. The lowest BCUT2D eigenvalue weighted by molar-refractivity contribution is 0.444. The second kappa shape index (κ2) is 6.16. The lowest BCUT2D eigenvalue weighted by Crippen LogP contribution is -2.12. The summed E-state index contributed by atoms with van der Waals surface area (Å²) in [4.78, 5) is 0. The van der Waals surface area contributed by atoms with Gasteiger partial charge in [-0.3, -0.25) is 0 Å². The van der Waals surface area contributed by atoms with Crippen molar-refractivity contribution in [3.8, 4) is 5.75 Å². The zero-order chi connectivity index (χ0) is 10.7. The maximum Gasteiger partial charge on any atom is 0.141 e. The Morgan fingerprint density at radius 1 is 1.53 bits per heavy atom. The molecule has 1 atom stereocenters. The zero-order valence-corrected chi connectivity index (χ0v) is 9.91. The first-order valence-electron chi connectivity index (χ1n) is 4.50. The number of phenolic OH excluding ortho intramolecular Hbond substituents is 1. The molecule has 86 valence electrons. The molecule has 0 amide bonds. The Hall–Kier alpha value is -0.510. The molecule has 0 unspecified atom stereocenters. The van der Waals surface area contributed by atoms with Crippen LogP contribution in [-0.2, 0) is 0 Å². The van der Waals surface area contributed by atoms with E-state index in [-0.39, 0.29) is 28.7 Å². The Morgan fingerprint density at radius 3 is 2.67 bits per heavy atom. The van der Waals surface area contributed by atoms with E-state index >= 15 is 0 Å². The van der Waals surface area contributed by atoms with Gasteiger partial charge in [0.25, 0.3) is 0 Å². The summed E-state index contributed by atoms with van der Waals surface area (Å²) >= 11 is 5.66. The van der Waals surface area contributed by atoms with Gasteiger partial charge >= 0.3 is 0 Å². The summed E-state index contributed by atoms with van der Waals surface area (Å²) in [5, 5.41) is 9.66. The molecule has 1 aromatic rings. The molecule has 3 N–H and O–H groups in total. The van der Waals surface area contributed by atoms with Crippen LogP contribution in [0.1, 0.15) is 31.4 Å². The van der Waals surface area contributed by atoms with Crippen molar-refractivity contribution in [3.05, 3.63) is 28.5 Å². The summed E-state index contributed by atoms with van der Waals surface area (Å²) in [6.45, 7) is 1.94. The first kappa shape index (κ1) is 14.5. The van der Waals surface area contributed by atoms with Crippen LogP contribution in [0.4, 0.5) is 4.39 Å². The van der Waals surface area contributed by atoms with Crippen molar-refractivity contribution >= 4 is 24.0 Å². The van der Waals surface area contributed by atoms with Gasteiger partial charge in [-0.25, -0.2) is 4.39 Å². The highest BCUT2D eigenvalue weighted by Crippen LogP contribution is 2.34. The number of aromatic hydroxyl groups is 1. The van der Waals surface area contributed by atoms with Crippen LogP contribution in [0.15, 0.2) is 12.1 Å². The Bertz CT molecular complexity index is 333. The van der Waals surface area contributed by atoms with E-state index in [9.17, 15) is 9.50 Å². The standard InChI is InChI=1S/C10H13ClFNO.ClH/c1-2-3-8(13)9-7(12)5-4-6(11)10(9)14;/h4-5,8,14H,2-3,13H2,1H3;1H/t8-;/m1./s1. The fourth-order valence-electron chi connectivity index (χ4n) is 1.36. The second-order valence-electron chi connectivity index (χ2n) is 3.19. The fraction of sp³-hybridized carbons (Fsp3) is 0.400. The van der Waals surface area contributed by atoms with Gasteiger partial charge in [-0.15, -0.1) is 12.4 Å². The molecule has 15 heavy (non-hydrogen) atoms. The van der Waals surface area contributed by atoms with E-state index in [1.807, 2.05) is 6.92 Å². The van der Waals surface area contributed by atoms with Crippen LogP contribution in [0, 0.1) is 5.82 Å². The zero-order valence-electron chi connectivity index (χ0n) is 8.34. The summed E-state index contributed by atoms with van der Waals surface area (Å²) in [5.74, 6) is -0.750. The van der Waals surface area contributed by atoms with Gasteiger partial charge in [-0.05, 0) is 18.6 Å². The molecule has 0 saturated heterocycles. The number of benzene rings is 1. The topological polar surface area (TPSA) is 46.2 Å². The molecule has 5 heteroatoms. The first-order valence-corrected chi connectivity index (χ1v) is 4.88. The van der Waals surface area contributed by atoms with E-state index in [0.29, 0.717) is 6.42 Å². The molecule has 1 rings (SSSR count). The average Bonchev–Trinajstić information content (AvgIpc) is 2.13. The molecule has 0 aliphatic rings. The van der Waals surface area contributed by atoms with Crippen molar-refractivity contribution in [2.24, 2.45) is 5.73 Å². The number of rotatable bonds is 3. The Labute approximate surface area is 99.6 Å². The molecular formula is C10H14Cl2FNO. The van der Waals surface area contributed by atoms with Crippen molar-refractivity contribution in [1.29, 1.82) is 0 Å². The smallest absolute Gasteiger partial charge is 0.141 e. The molecule has 0 radical (unpaired) electrons. The summed E-state index contributed by atoms with van der Waals surface area (Å²) in [7, 11) is 0. The Morgan fingerprint density at radius 2 is 2.13 bits per heavy atom. The minimum Gasteiger partial charge on any atom is -0.506 e. The molecule has 0 aromatic heterocycles. The van der Waals surface area contributed by atoms with Gasteiger partial charge in [0.1, 0.15) is 11.6 Å². The summed E-state index contributed by atoms with van der Waals surface area (Å²) in [5.41, 5.74) is 5.83. The highest BCUT2D eigenvalue weighted by atomic mass is 35.5. The molecule has 2 nitrogen and oxygen atoms in total. The molecular weight excluding hydrogens is 240 g/mol. The molecule has 0 bridgehead atoms. The van der Waals surface area contributed by atoms with Crippen LogP contribution < -0.4 is 5.73 Å². The molecule has 0 fully saturated rings. The van der Waals surface area contributed by atoms with Gasteiger partial charge in [0.2, 0.25) is 0 Å². The highest BCUT2D eigenvalue weighted by Gasteiger charge is 2.17. The average molecular weight is 254 g/mol.